The Kier molecular flexibility index (Phi) is 4.24. The molecule has 1 atom stereocenters. The number of nitrogens with one attached hydrogen (secondary N) is 1. The zero-order valence-corrected chi connectivity index (χ0v) is 13.5. The molecule has 3 aromatic rings. The first-order chi connectivity index (χ1) is 10.6. The Balaban J connectivity index is 1.74. The predicted octanol–water partition coefficient (Wildman–Crippen LogP) is 3.61. The summed E-state index contributed by atoms with van der Waals surface area (Å²) in [7, 11) is 0. The molecule has 3 rings (SSSR count). The number of hydrogen-bond donors (Lipinski definition) is 1. The molecule has 0 saturated heterocycles. The van der Waals surface area contributed by atoms with Gasteiger partial charge in [0, 0.05) is 4.88 Å². The third kappa shape index (κ3) is 3.04. The molecule has 1 N–H and O–H groups in total. The lowest BCUT2D eigenvalue weighted by atomic mass is 10.0. The number of thiophene rings is 1. The van der Waals surface area contributed by atoms with Gasteiger partial charge < -0.3 is 9.88 Å². The summed E-state index contributed by atoms with van der Waals surface area (Å²) >= 11 is 1.68. The highest BCUT2D eigenvalue weighted by molar-refractivity contribution is 7.10. The van der Waals surface area contributed by atoms with Crippen LogP contribution in [0.15, 0.2) is 48.1 Å². The van der Waals surface area contributed by atoms with Crippen LogP contribution in [0.1, 0.15) is 24.8 Å². The van der Waals surface area contributed by atoms with E-state index in [2.05, 4.69) is 30.2 Å². The molecule has 0 fully saturated rings. The van der Waals surface area contributed by atoms with Gasteiger partial charge in [-0.2, -0.15) is 0 Å². The van der Waals surface area contributed by atoms with Crippen LogP contribution in [0.3, 0.4) is 0 Å². The van der Waals surface area contributed by atoms with Crippen LogP contribution in [0.4, 0.5) is 0 Å². The number of fused-ring (bicyclic) bond motifs is 1. The topological polar surface area (TPSA) is 46.9 Å². The number of rotatable bonds is 5. The van der Waals surface area contributed by atoms with E-state index in [1.165, 1.54) is 4.88 Å². The molecule has 1 amide bonds. The molecule has 1 aromatic carbocycles. The first kappa shape index (κ1) is 14.8. The van der Waals surface area contributed by atoms with Gasteiger partial charge in [0.2, 0.25) is 5.91 Å². The Bertz CT molecular complexity index is 761. The van der Waals surface area contributed by atoms with Gasteiger partial charge in [0.15, 0.2) is 0 Å². The molecule has 0 unspecified atom stereocenters. The fourth-order valence-electron chi connectivity index (χ4n) is 2.54. The van der Waals surface area contributed by atoms with E-state index in [0.29, 0.717) is 5.92 Å². The van der Waals surface area contributed by atoms with Crippen molar-refractivity contribution in [2.75, 3.05) is 0 Å². The van der Waals surface area contributed by atoms with Gasteiger partial charge >= 0.3 is 0 Å². The van der Waals surface area contributed by atoms with Crippen molar-refractivity contribution < 1.29 is 4.79 Å². The Hall–Kier alpha value is -2.14. The molecule has 5 heteroatoms. The van der Waals surface area contributed by atoms with Crippen molar-refractivity contribution in [3.8, 4) is 0 Å². The first-order valence-corrected chi connectivity index (χ1v) is 8.26. The van der Waals surface area contributed by atoms with E-state index in [1.807, 2.05) is 40.3 Å². The monoisotopic (exact) mass is 313 g/mol. The van der Waals surface area contributed by atoms with Crippen LogP contribution in [0, 0.1) is 5.92 Å². The molecular formula is C17H19N3OS. The summed E-state index contributed by atoms with van der Waals surface area (Å²) in [4.78, 5) is 17.9. The molecule has 114 valence electrons. The lowest BCUT2D eigenvalue weighted by molar-refractivity contribution is -0.122. The fourth-order valence-corrected chi connectivity index (χ4v) is 3.49. The second-order valence-corrected chi connectivity index (χ2v) is 6.65. The zero-order valence-electron chi connectivity index (χ0n) is 12.7. The number of aromatic nitrogens is 2. The maximum atomic E-state index is 12.4. The molecule has 4 nitrogen and oxygen atoms in total. The lowest BCUT2D eigenvalue weighted by Gasteiger charge is -2.21. The van der Waals surface area contributed by atoms with E-state index >= 15 is 0 Å². The van der Waals surface area contributed by atoms with Crippen molar-refractivity contribution in [1.82, 2.24) is 14.9 Å². The van der Waals surface area contributed by atoms with Crippen molar-refractivity contribution in [1.29, 1.82) is 0 Å². The van der Waals surface area contributed by atoms with E-state index in [-0.39, 0.29) is 18.5 Å². The number of carbonyl (C=O) groups is 1. The van der Waals surface area contributed by atoms with Crippen LogP contribution in [0.2, 0.25) is 0 Å². The summed E-state index contributed by atoms with van der Waals surface area (Å²) in [6.07, 6.45) is 1.72. The van der Waals surface area contributed by atoms with Crippen LogP contribution in [-0.4, -0.2) is 15.5 Å². The molecule has 2 heterocycles. The number of para-hydroxylation sites is 2. The zero-order chi connectivity index (χ0) is 15.5. The fraction of sp³-hybridized carbons (Fsp3) is 0.294. The van der Waals surface area contributed by atoms with Crippen LogP contribution < -0.4 is 5.32 Å². The second kappa shape index (κ2) is 6.32. The Morgan fingerprint density at radius 3 is 2.82 bits per heavy atom. The van der Waals surface area contributed by atoms with E-state index in [1.54, 1.807) is 17.7 Å². The second-order valence-electron chi connectivity index (χ2n) is 5.67. The number of amides is 1. The van der Waals surface area contributed by atoms with Gasteiger partial charge in [-0.05, 0) is 29.5 Å². The smallest absolute Gasteiger partial charge is 0.240 e. The summed E-state index contributed by atoms with van der Waals surface area (Å²) in [5.74, 6) is 0.359. The summed E-state index contributed by atoms with van der Waals surface area (Å²) in [6, 6.07) is 12.0. The van der Waals surface area contributed by atoms with Gasteiger partial charge in [-0.25, -0.2) is 4.98 Å². The van der Waals surface area contributed by atoms with Crippen molar-refractivity contribution in [3.63, 3.8) is 0 Å². The Morgan fingerprint density at radius 2 is 2.09 bits per heavy atom. The summed E-state index contributed by atoms with van der Waals surface area (Å²) < 4.78 is 1.89. The normalized spacial score (nSPS) is 12.7. The number of carbonyl (C=O) groups excluding carboxylic acids is 1. The molecule has 0 aliphatic rings. The predicted molar refractivity (Wildman–Crippen MR) is 89.8 cm³/mol. The summed E-state index contributed by atoms with van der Waals surface area (Å²) in [6.45, 7) is 4.53. The minimum atomic E-state index is 0.00949. The van der Waals surface area contributed by atoms with E-state index in [0.717, 1.165) is 11.0 Å². The minimum absolute atomic E-state index is 0.00949. The number of nitrogens with zero attached hydrogens (tertiary/aromatic N) is 2. The molecule has 0 bridgehead atoms. The minimum Gasteiger partial charge on any atom is -0.347 e. The summed E-state index contributed by atoms with van der Waals surface area (Å²) in [5, 5.41) is 5.19. The standard InChI is InChI=1S/C17H19N3OS/c1-12(2)17(15-8-5-9-22-15)19-16(21)10-20-11-18-13-6-3-4-7-14(13)20/h3-9,11-12,17H,10H2,1-2H3,(H,19,21)/t17-/m0/s1. The molecule has 0 aliphatic heterocycles. The Labute approximate surface area is 133 Å². The molecule has 0 spiro atoms. The average molecular weight is 313 g/mol. The number of benzene rings is 1. The first-order valence-electron chi connectivity index (χ1n) is 7.38. The van der Waals surface area contributed by atoms with Crippen molar-refractivity contribution >= 4 is 28.3 Å². The highest BCUT2D eigenvalue weighted by Crippen LogP contribution is 2.25. The third-order valence-corrected chi connectivity index (χ3v) is 4.63. The molecule has 0 aliphatic carbocycles. The van der Waals surface area contributed by atoms with Crippen LogP contribution in [0.5, 0.6) is 0 Å². The maximum absolute atomic E-state index is 12.4. The van der Waals surface area contributed by atoms with Gasteiger partial charge in [0.05, 0.1) is 23.4 Å². The molecule has 22 heavy (non-hydrogen) atoms. The van der Waals surface area contributed by atoms with Crippen molar-refractivity contribution in [2.24, 2.45) is 5.92 Å². The average Bonchev–Trinajstić information content (AvgIpc) is 3.15. The van der Waals surface area contributed by atoms with Crippen molar-refractivity contribution in [2.45, 2.75) is 26.4 Å². The number of imidazole rings is 1. The van der Waals surface area contributed by atoms with E-state index < -0.39 is 0 Å². The van der Waals surface area contributed by atoms with E-state index in [9.17, 15) is 4.79 Å². The third-order valence-electron chi connectivity index (χ3n) is 3.67. The van der Waals surface area contributed by atoms with Gasteiger partial charge in [0.1, 0.15) is 6.54 Å². The van der Waals surface area contributed by atoms with Gasteiger partial charge in [-0.1, -0.05) is 32.0 Å². The highest BCUT2D eigenvalue weighted by atomic mass is 32.1. The highest BCUT2D eigenvalue weighted by Gasteiger charge is 2.19. The molecule has 2 aromatic heterocycles. The lowest BCUT2D eigenvalue weighted by Crippen LogP contribution is -2.33. The van der Waals surface area contributed by atoms with Gasteiger partial charge in [0.25, 0.3) is 0 Å². The van der Waals surface area contributed by atoms with Gasteiger partial charge in [-0.3, -0.25) is 4.79 Å². The van der Waals surface area contributed by atoms with Crippen LogP contribution in [-0.2, 0) is 11.3 Å². The molecule has 0 radical (unpaired) electrons. The molecular weight excluding hydrogens is 294 g/mol. The SMILES string of the molecule is CC(C)[C@H](NC(=O)Cn1cnc2ccccc21)c1cccs1. The van der Waals surface area contributed by atoms with Crippen molar-refractivity contribution in [3.05, 3.63) is 53.0 Å². The quantitative estimate of drug-likeness (QED) is 0.782. The Morgan fingerprint density at radius 1 is 1.27 bits per heavy atom. The maximum Gasteiger partial charge on any atom is 0.240 e. The summed E-state index contributed by atoms with van der Waals surface area (Å²) in [5.41, 5.74) is 1.89. The molecule has 0 saturated carbocycles. The number of hydrogen-bond acceptors (Lipinski definition) is 3. The van der Waals surface area contributed by atoms with Gasteiger partial charge in [-0.15, -0.1) is 11.3 Å². The van der Waals surface area contributed by atoms with Crippen LogP contribution in [0.25, 0.3) is 11.0 Å². The largest absolute Gasteiger partial charge is 0.347 e. The van der Waals surface area contributed by atoms with Crippen LogP contribution >= 0.6 is 11.3 Å². The van der Waals surface area contributed by atoms with E-state index in [4.69, 9.17) is 0 Å².